The minimum atomic E-state index is -0.486. The van der Waals surface area contributed by atoms with Crippen LogP contribution in [0.25, 0.3) is 38.6 Å². The van der Waals surface area contributed by atoms with Gasteiger partial charge in [-0.15, -0.1) is 0 Å². The minimum absolute atomic E-state index is 0.271. The predicted octanol–water partition coefficient (Wildman–Crippen LogP) is 11.0. The third-order valence-corrected chi connectivity index (χ3v) is 24.1. The topological polar surface area (TPSA) is 478 Å². The van der Waals surface area contributed by atoms with Crippen LogP contribution in [0, 0.1) is 0 Å². The molecule has 2 saturated heterocycles. The van der Waals surface area contributed by atoms with Crippen molar-refractivity contribution in [2.75, 3.05) is 199 Å². The van der Waals surface area contributed by atoms with Gasteiger partial charge in [-0.3, -0.25) is 73.9 Å². The van der Waals surface area contributed by atoms with Crippen molar-refractivity contribution in [1.82, 2.24) is 90.7 Å². The molecule has 6 heterocycles. The van der Waals surface area contributed by atoms with Crippen LogP contribution in [0.3, 0.4) is 0 Å². The normalized spacial score (nSPS) is 12.6. The number of anilines is 6. The molecule has 41 heteroatoms. The number of hydrogen-bond acceptors (Lipinski definition) is 23. The zero-order valence-electron chi connectivity index (χ0n) is 86.7. The fourth-order valence-corrected chi connectivity index (χ4v) is 15.5. The van der Waals surface area contributed by atoms with Gasteiger partial charge in [-0.25, -0.2) is 28.4 Å². The van der Waals surface area contributed by atoms with E-state index < -0.39 is 71.3 Å². The van der Waals surface area contributed by atoms with Crippen LogP contribution in [0.4, 0.5) is 48.9 Å². The number of urea groups is 3. The number of nitrogens with zero attached hydrogens (tertiary/aromatic N) is 12. The lowest BCUT2D eigenvalue weighted by molar-refractivity contribution is -0.125. The molecule has 12 aromatic rings. The Bertz CT molecular complexity index is 6610. The molecule has 0 spiro atoms. The maximum absolute atomic E-state index is 13.5. The van der Waals surface area contributed by atoms with Gasteiger partial charge in [0.05, 0.1) is 78.6 Å². The van der Waals surface area contributed by atoms with Gasteiger partial charge in [0.25, 0.3) is 17.7 Å². The van der Waals surface area contributed by atoms with Gasteiger partial charge in [0.15, 0.2) is 0 Å². The van der Waals surface area contributed by atoms with E-state index in [9.17, 15) is 57.5 Å². The largest absolute Gasteiger partial charge is 0.493 e. The second-order valence-corrected chi connectivity index (χ2v) is 38.0. The summed E-state index contributed by atoms with van der Waals surface area (Å²) in [6.45, 7) is 26.3. The number of aromatic nitrogens is 7. The van der Waals surface area contributed by atoms with Crippen LogP contribution in [0.5, 0.6) is 17.2 Å². The summed E-state index contributed by atoms with van der Waals surface area (Å²) in [4.78, 5) is 164. The molecule has 149 heavy (non-hydrogen) atoms. The first-order valence-corrected chi connectivity index (χ1v) is 48.9. The lowest BCUT2D eigenvalue weighted by Gasteiger charge is -2.26. The van der Waals surface area contributed by atoms with Crippen molar-refractivity contribution in [2.45, 2.75) is 85.0 Å². The third-order valence-electron chi connectivity index (χ3n) is 24.1. The SMILES string of the molecule is CNC(=O)CN(CC(=O)NC)C(=O)c1ccc(-n2nc(C(C)(C)C)cc2NC(=O)Nc2ccc(OCCN3CCOCC3)c3ccccc23)cc1.CNC(=O)CN(CC(=O)NC)C(=O)c1ccc(-n2nc(C(C)(C)C)cc2NC(=O)Nc2ccc(OCCN3CCOCC3)cc2)cc1.CNC(=O)CN(CC(=O)NC)C(=O)c1ccc(-n2nc(C(C)(C)C)cc2NC(=O)Nc2ccc(OCCc3ccncc3)c3ccccc23)cc1. The van der Waals surface area contributed by atoms with Gasteiger partial charge in [-0.1, -0.05) is 111 Å². The summed E-state index contributed by atoms with van der Waals surface area (Å²) in [6, 6.07) is 57.6. The van der Waals surface area contributed by atoms with Crippen molar-refractivity contribution < 1.29 is 81.2 Å². The maximum atomic E-state index is 13.5. The highest BCUT2D eigenvalue weighted by atomic mass is 16.5. The van der Waals surface area contributed by atoms with Gasteiger partial charge < -0.3 is 86.2 Å². The minimum Gasteiger partial charge on any atom is -0.493 e. The molecule has 14 rings (SSSR count). The molecule has 41 nitrogen and oxygen atoms in total. The maximum Gasteiger partial charge on any atom is 0.324 e. The number of fused-ring (bicyclic) bond motifs is 2. The number of nitrogens with one attached hydrogen (secondary N) is 12. The monoisotopic (exact) mass is 2040 g/mol. The number of rotatable bonds is 36. The molecule has 0 saturated carbocycles. The molecule has 4 aromatic heterocycles. The summed E-state index contributed by atoms with van der Waals surface area (Å²) >= 11 is 0. The molecule has 2 fully saturated rings. The molecule has 2 aliphatic heterocycles. The Kier molecular flexibility index (Phi) is 39.1. The first kappa shape index (κ1) is 111. The van der Waals surface area contributed by atoms with Gasteiger partial charge in [-0.2, -0.15) is 15.3 Å². The van der Waals surface area contributed by atoms with Gasteiger partial charge in [0, 0.05) is 179 Å². The molecule has 15 amide bonds. The summed E-state index contributed by atoms with van der Waals surface area (Å²) in [7, 11) is 8.77. The molecule has 786 valence electrons. The molecule has 0 aliphatic carbocycles. The summed E-state index contributed by atoms with van der Waals surface area (Å²) in [6.07, 6.45) is 4.25. The number of ether oxygens (including phenoxy) is 5. The number of likely N-dealkylation sites (N-methyl/N-ethyl adjacent to an activating group) is 6. The van der Waals surface area contributed by atoms with Gasteiger partial charge in [-0.05, 0) is 139 Å². The van der Waals surface area contributed by atoms with Crippen molar-refractivity contribution in [3.05, 3.63) is 252 Å². The number of benzene rings is 8. The fraction of sp³-hybridized carbons (Fsp3) is 0.352. The average molecular weight is 2040 g/mol. The second-order valence-electron chi connectivity index (χ2n) is 38.0. The standard InChI is InChI=1S/C38H42N8O5.C37H46N8O6.C33H44N8O6/c1-38(2,3)32-22-33(46(44-32)27-12-10-26(11-13-27)36(49)45(23-34(47)39-4)24-35(48)40-5)43-37(50)42-30-14-15-31(29-9-7-6-8-28(29)30)51-21-18-25-16-19-41-20-17-25;1-37(2,3)31-22-32(45(42-31)26-12-10-25(11-13-26)35(48)44(23-33(46)38-4)24-34(47)39-5)41-36(49)40-29-14-15-30(28-9-7-6-8-27(28)29)51-21-18-43-16-19-50-20-17-43;1-33(2,3)27-20-28(37-32(45)36-24-8-12-26(13-9-24)47-19-16-39-14-17-46-18-15-39)41(38-27)25-10-6-23(7-11-25)31(44)40(21-29(42)34-4)22-30(43)35-5/h6-17,19-20,22H,18,21,23-24H2,1-5H3,(H,39,47)(H,40,48)(H2,42,43,50);6-15,22H,16-21,23-24H2,1-5H3,(H,38,46)(H,39,47)(H2,40,41,49);6-13,20H,14-19,21-22H2,1-5H3,(H,34,42)(H,35,43)(H2,36,37,45). The number of carbonyl (C=O) groups excluding carboxylic acids is 12. The average Bonchev–Trinajstić information content (AvgIpc) is 1.34. The van der Waals surface area contributed by atoms with Crippen LogP contribution < -0.4 is 78.0 Å². The molecule has 2 aliphatic rings. The summed E-state index contributed by atoms with van der Waals surface area (Å²) < 4.78 is 33.8. The van der Waals surface area contributed by atoms with E-state index >= 15 is 0 Å². The van der Waals surface area contributed by atoms with E-state index in [4.69, 9.17) is 39.0 Å². The zero-order valence-corrected chi connectivity index (χ0v) is 86.7. The molecule has 0 bridgehead atoms. The van der Waals surface area contributed by atoms with E-state index in [1.165, 1.54) is 57.0 Å². The van der Waals surface area contributed by atoms with Crippen LogP contribution in [-0.4, -0.2) is 297 Å². The van der Waals surface area contributed by atoms with Crippen LogP contribution in [0.2, 0.25) is 0 Å². The fourth-order valence-electron chi connectivity index (χ4n) is 15.5. The first-order chi connectivity index (χ1) is 71.4. The van der Waals surface area contributed by atoms with Crippen LogP contribution >= 0.6 is 0 Å². The summed E-state index contributed by atoms with van der Waals surface area (Å²) in [5.74, 6) is -0.434. The van der Waals surface area contributed by atoms with Crippen molar-refractivity contribution >= 4 is 127 Å². The Morgan fingerprint density at radius 2 is 0.638 bits per heavy atom. The number of carbonyl (C=O) groups is 12. The summed E-state index contributed by atoms with van der Waals surface area (Å²) in [5, 5.41) is 50.2. The summed E-state index contributed by atoms with van der Waals surface area (Å²) in [5.41, 5.74) is 6.78. The van der Waals surface area contributed by atoms with E-state index in [0.29, 0.717) is 82.9 Å². The molecule has 0 unspecified atom stereocenters. The highest BCUT2D eigenvalue weighted by molar-refractivity contribution is 6.10. The van der Waals surface area contributed by atoms with Crippen LogP contribution in [0.1, 0.15) is 116 Å². The van der Waals surface area contributed by atoms with Crippen LogP contribution in [-0.2, 0) is 60.9 Å². The lowest BCUT2D eigenvalue weighted by atomic mass is 9.92. The lowest BCUT2D eigenvalue weighted by Crippen LogP contribution is -2.44. The zero-order chi connectivity index (χ0) is 107. The number of morpholine rings is 2. The third kappa shape index (κ3) is 31.7. The van der Waals surface area contributed by atoms with Crippen LogP contribution in [0.15, 0.2) is 213 Å². The van der Waals surface area contributed by atoms with E-state index in [1.54, 1.807) is 117 Å². The van der Waals surface area contributed by atoms with Gasteiger partial charge >= 0.3 is 18.1 Å². The number of amides is 15. The second kappa shape index (κ2) is 52.4. The highest BCUT2D eigenvalue weighted by Gasteiger charge is 2.31. The van der Waals surface area contributed by atoms with E-state index in [2.05, 4.69) is 78.6 Å². The van der Waals surface area contributed by atoms with E-state index in [1.807, 2.05) is 172 Å². The van der Waals surface area contributed by atoms with Gasteiger partial charge in [0.1, 0.15) is 87.2 Å². The smallest absolute Gasteiger partial charge is 0.324 e. The molecule has 8 aromatic carbocycles. The van der Waals surface area contributed by atoms with Gasteiger partial charge in [0.2, 0.25) is 35.4 Å². The number of hydrogen-bond donors (Lipinski definition) is 12. The molecular formula is C108H132N24O17. The van der Waals surface area contributed by atoms with E-state index in [0.717, 1.165) is 122 Å². The highest BCUT2D eigenvalue weighted by Crippen LogP contribution is 2.37. The Labute approximate surface area is 865 Å². The van der Waals surface area contributed by atoms with Crippen molar-refractivity contribution in [1.29, 1.82) is 0 Å². The molecule has 12 N–H and O–H groups in total. The Morgan fingerprint density at radius 1 is 0.336 bits per heavy atom. The molecule has 0 atom stereocenters. The van der Waals surface area contributed by atoms with Crippen molar-refractivity contribution in [2.24, 2.45) is 0 Å². The Hall–Kier alpha value is -16.7. The van der Waals surface area contributed by atoms with Crippen molar-refractivity contribution in [3.8, 4) is 34.3 Å². The number of pyridine rings is 1. The quantitative estimate of drug-likeness (QED) is 0.0173. The molecule has 0 radical (unpaired) electrons. The first-order valence-electron chi connectivity index (χ1n) is 48.9. The Balaban J connectivity index is 0.000000198. The van der Waals surface area contributed by atoms with E-state index in [-0.39, 0.29) is 72.2 Å². The Morgan fingerprint density at radius 3 is 0.953 bits per heavy atom. The molecular weight excluding hydrogens is 1910 g/mol. The predicted molar refractivity (Wildman–Crippen MR) is 570 cm³/mol. The van der Waals surface area contributed by atoms with Crippen molar-refractivity contribution in [3.63, 3.8) is 0 Å².